The maximum Gasteiger partial charge on any atom is 0.335 e. The third-order valence-electron chi connectivity index (χ3n) is 4.80. The van der Waals surface area contributed by atoms with Crippen molar-refractivity contribution in [3.63, 3.8) is 0 Å². The van der Waals surface area contributed by atoms with Gasteiger partial charge in [-0.2, -0.15) is 0 Å². The molecule has 0 unspecified atom stereocenters. The van der Waals surface area contributed by atoms with Crippen molar-refractivity contribution in [2.45, 2.75) is 6.92 Å². The van der Waals surface area contributed by atoms with Crippen molar-refractivity contribution in [2.75, 3.05) is 31.5 Å². The fraction of sp³-hybridized carbons (Fsp3) is 0.227. The zero-order valence-corrected chi connectivity index (χ0v) is 17.6. The standard InChI is InChI=1S/C22H23N3O6/c1-5-16(23-17-11-10-15(30-3)12-18(17)31-4)19-20(26)24-22(28)25(21(19)27)13-6-8-14(29-2)9-7-13/h5-12,19,23H,1-4H3,(H,24,26,28)/b16-5+/t19-/m0/s1. The summed E-state index contributed by atoms with van der Waals surface area (Å²) in [7, 11) is 4.55. The number of nitrogens with zero attached hydrogens (tertiary/aromatic N) is 1. The number of nitrogens with one attached hydrogen (secondary N) is 2. The lowest BCUT2D eigenvalue weighted by molar-refractivity contribution is -0.132. The van der Waals surface area contributed by atoms with Crippen LogP contribution in [0.15, 0.2) is 54.2 Å². The Balaban J connectivity index is 1.92. The van der Waals surface area contributed by atoms with E-state index in [0.29, 0.717) is 34.3 Å². The maximum absolute atomic E-state index is 13.2. The highest BCUT2D eigenvalue weighted by Crippen LogP contribution is 2.33. The largest absolute Gasteiger partial charge is 0.497 e. The molecule has 0 aliphatic carbocycles. The lowest BCUT2D eigenvalue weighted by Crippen LogP contribution is -2.59. The molecule has 162 valence electrons. The second kappa shape index (κ2) is 9.21. The van der Waals surface area contributed by atoms with Crippen LogP contribution in [0.2, 0.25) is 0 Å². The van der Waals surface area contributed by atoms with Crippen molar-refractivity contribution in [1.29, 1.82) is 0 Å². The molecule has 3 rings (SSSR count). The van der Waals surface area contributed by atoms with Crippen LogP contribution in [-0.2, 0) is 9.59 Å². The zero-order chi connectivity index (χ0) is 22.5. The number of benzene rings is 2. The molecule has 31 heavy (non-hydrogen) atoms. The molecule has 1 heterocycles. The Labute approximate surface area is 179 Å². The van der Waals surface area contributed by atoms with E-state index in [0.717, 1.165) is 4.90 Å². The maximum atomic E-state index is 13.2. The van der Waals surface area contributed by atoms with E-state index in [-0.39, 0.29) is 0 Å². The van der Waals surface area contributed by atoms with Crippen LogP contribution in [-0.4, -0.2) is 39.2 Å². The molecule has 0 bridgehead atoms. The highest BCUT2D eigenvalue weighted by Gasteiger charge is 2.43. The van der Waals surface area contributed by atoms with Gasteiger partial charge in [-0.25, -0.2) is 9.69 Å². The number of ether oxygens (including phenoxy) is 3. The third kappa shape index (κ3) is 4.30. The summed E-state index contributed by atoms with van der Waals surface area (Å²) in [6.07, 6.45) is 1.60. The lowest BCUT2D eigenvalue weighted by atomic mass is 9.99. The molecule has 1 aliphatic heterocycles. The summed E-state index contributed by atoms with van der Waals surface area (Å²) in [5.74, 6) is -1.02. The lowest BCUT2D eigenvalue weighted by Gasteiger charge is -2.31. The van der Waals surface area contributed by atoms with Gasteiger partial charge in [0.05, 0.1) is 32.7 Å². The van der Waals surface area contributed by atoms with Crippen molar-refractivity contribution in [2.24, 2.45) is 5.92 Å². The molecule has 2 aromatic rings. The highest BCUT2D eigenvalue weighted by atomic mass is 16.5. The molecule has 1 aliphatic rings. The smallest absolute Gasteiger partial charge is 0.335 e. The summed E-state index contributed by atoms with van der Waals surface area (Å²) in [6.45, 7) is 1.69. The minimum atomic E-state index is -1.25. The number of urea groups is 1. The first-order valence-corrected chi connectivity index (χ1v) is 9.41. The molecule has 2 N–H and O–H groups in total. The van der Waals surface area contributed by atoms with Gasteiger partial charge in [-0.05, 0) is 43.3 Å². The molecule has 9 nitrogen and oxygen atoms in total. The average molecular weight is 425 g/mol. The summed E-state index contributed by atoms with van der Waals surface area (Å²) in [5, 5.41) is 5.32. The molecule has 0 radical (unpaired) electrons. The van der Waals surface area contributed by atoms with Crippen LogP contribution in [0, 0.1) is 5.92 Å². The van der Waals surface area contributed by atoms with Crippen molar-refractivity contribution in [3.05, 3.63) is 54.2 Å². The van der Waals surface area contributed by atoms with E-state index in [1.54, 1.807) is 55.5 Å². The van der Waals surface area contributed by atoms with E-state index in [1.807, 2.05) is 0 Å². The van der Waals surface area contributed by atoms with Gasteiger partial charge in [-0.3, -0.25) is 14.9 Å². The number of rotatable bonds is 7. The SMILES string of the molecule is C/C=C(/Nc1ccc(OC)cc1OC)[C@H]1C(=O)NC(=O)N(c2ccc(OC)cc2)C1=O. The second-order valence-corrected chi connectivity index (χ2v) is 6.53. The number of imide groups is 2. The molecule has 9 heteroatoms. The quantitative estimate of drug-likeness (QED) is 0.657. The Bertz CT molecular complexity index is 1030. The average Bonchev–Trinajstić information content (AvgIpc) is 2.78. The van der Waals surface area contributed by atoms with Gasteiger partial charge < -0.3 is 19.5 Å². The molecule has 4 amide bonds. The van der Waals surface area contributed by atoms with Crippen LogP contribution in [0.5, 0.6) is 17.2 Å². The second-order valence-electron chi connectivity index (χ2n) is 6.53. The molecule has 0 aromatic heterocycles. The van der Waals surface area contributed by atoms with Crippen molar-refractivity contribution in [1.82, 2.24) is 5.32 Å². The number of allylic oxidation sites excluding steroid dienone is 1. The van der Waals surface area contributed by atoms with Crippen LogP contribution in [0.25, 0.3) is 0 Å². The van der Waals surface area contributed by atoms with Crippen molar-refractivity contribution in [3.8, 4) is 17.2 Å². The van der Waals surface area contributed by atoms with Gasteiger partial charge in [0.1, 0.15) is 17.2 Å². The summed E-state index contributed by atoms with van der Waals surface area (Å²) >= 11 is 0. The number of carbonyl (C=O) groups is 3. The number of anilines is 2. The first kappa shape index (κ1) is 21.7. The van der Waals surface area contributed by atoms with Crippen LogP contribution in [0.4, 0.5) is 16.2 Å². The van der Waals surface area contributed by atoms with Crippen LogP contribution >= 0.6 is 0 Å². The Morgan fingerprint density at radius 2 is 1.61 bits per heavy atom. The van der Waals surface area contributed by atoms with E-state index >= 15 is 0 Å². The predicted octanol–water partition coefficient (Wildman–Crippen LogP) is 2.93. The third-order valence-corrected chi connectivity index (χ3v) is 4.80. The highest BCUT2D eigenvalue weighted by molar-refractivity contribution is 6.29. The number of carbonyl (C=O) groups excluding carboxylic acids is 3. The summed E-state index contributed by atoms with van der Waals surface area (Å²) in [5.41, 5.74) is 1.15. The van der Waals surface area contributed by atoms with Crippen LogP contribution in [0.3, 0.4) is 0 Å². The van der Waals surface area contributed by atoms with E-state index < -0.39 is 23.8 Å². The van der Waals surface area contributed by atoms with Crippen molar-refractivity contribution >= 4 is 29.2 Å². The van der Waals surface area contributed by atoms with E-state index in [1.165, 1.54) is 21.3 Å². The molecule has 2 aromatic carbocycles. The Morgan fingerprint density at radius 3 is 2.19 bits per heavy atom. The first-order chi connectivity index (χ1) is 14.9. The summed E-state index contributed by atoms with van der Waals surface area (Å²) < 4.78 is 15.7. The zero-order valence-electron chi connectivity index (χ0n) is 17.6. The number of amides is 4. The molecule has 1 atom stereocenters. The van der Waals surface area contributed by atoms with Crippen LogP contribution < -0.4 is 29.7 Å². The van der Waals surface area contributed by atoms with Gasteiger partial charge in [0.15, 0.2) is 5.92 Å². The van der Waals surface area contributed by atoms with Gasteiger partial charge in [-0.15, -0.1) is 0 Å². The van der Waals surface area contributed by atoms with Gasteiger partial charge in [-0.1, -0.05) is 6.08 Å². The number of barbiturate groups is 1. The monoisotopic (exact) mass is 425 g/mol. The minimum Gasteiger partial charge on any atom is -0.497 e. The van der Waals surface area contributed by atoms with E-state index in [9.17, 15) is 14.4 Å². The topological polar surface area (TPSA) is 106 Å². The normalized spacial score (nSPS) is 16.6. The first-order valence-electron chi connectivity index (χ1n) is 9.41. The summed E-state index contributed by atoms with van der Waals surface area (Å²) in [4.78, 5) is 39.2. The Hall–Kier alpha value is -4.01. The summed E-state index contributed by atoms with van der Waals surface area (Å²) in [6, 6.07) is 10.7. The molecular formula is C22H23N3O6. The van der Waals surface area contributed by atoms with Gasteiger partial charge in [0.2, 0.25) is 5.91 Å². The number of hydrogen-bond acceptors (Lipinski definition) is 7. The van der Waals surface area contributed by atoms with E-state index in [2.05, 4.69) is 10.6 Å². The van der Waals surface area contributed by atoms with Gasteiger partial charge in [0, 0.05) is 11.8 Å². The van der Waals surface area contributed by atoms with E-state index in [4.69, 9.17) is 14.2 Å². The Morgan fingerprint density at radius 1 is 0.968 bits per heavy atom. The fourth-order valence-corrected chi connectivity index (χ4v) is 3.19. The molecule has 1 fully saturated rings. The Kier molecular flexibility index (Phi) is 6.44. The van der Waals surface area contributed by atoms with Crippen molar-refractivity contribution < 1.29 is 28.6 Å². The molecule has 0 saturated carbocycles. The van der Waals surface area contributed by atoms with Crippen LogP contribution in [0.1, 0.15) is 6.92 Å². The fourth-order valence-electron chi connectivity index (χ4n) is 3.19. The minimum absolute atomic E-state index is 0.303. The van der Waals surface area contributed by atoms with Gasteiger partial charge in [0.25, 0.3) is 5.91 Å². The number of hydrogen-bond donors (Lipinski definition) is 2. The van der Waals surface area contributed by atoms with Gasteiger partial charge >= 0.3 is 6.03 Å². The predicted molar refractivity (Wildman–Crippen MR) is 114 cm³/mol. The molecule has 0 spiro atoms. The number of methoxy groups -OCH3 is 3. The molecule has 1 saturated heterocycles. The molecular weight excluding hydrogens is 402 g/mol.